The first kappa shape index (κ1) is 13.7. The van der Waals surface area contributed by atoms with Crippen LogP contribution in [0, 0.1) is 5.92 Å². The van der Waals surface area contributed by atoms with Crippen LogP contribution < -0.4 is 15.2 Å². The molecule has 1 atom stereocenters. The molecule has 1 aliphatic carbocycles. The maximum absolute atomic E-state index is 6.29. The lowest BCUT2D eigenvalue weighted by Gasteiger charge is -2.28. The number of nitrogens with two attached hydrogens (primary N) is 1. The molecule has 100 valence electrons. The zero-order chi connectivity index (χ0) is 13.1. The van der Waals surface area contributed by atoms with E-state index in [1.165, 1.54) is 19.3 Å². The molecule has 4 heteroatoms. The third-order valence-electron chi connectivity index (χ3n) is 3.71. The van der Waals surface area contributed by atoms with Gasteiger partial charge in [0.05, 0.1) is 14.2 Å². The van der Waals surface area contributed by atoms with Crippen LogP contribution in [0.4, 0.5) is 0 Å². The Bertz CT molecular complexity index is 419. The second-order valence-corrected chi connectivity index (χ2v) is 5.72. The van der Waals surface area contributed by atoms with Crippen LogP contribution in [0.3, 0.4) is 0 Å². The van der Waals surface area contributed by atoms with Crippen molar-refractivity contribution in [3.8, 4) is 11.5 Å². The molecule has 18 heavy (non-hydrogen) atoms. The predicted molar refractivity (Wildman–Crippen MR) is 76.1 cm³/mol. The summed E-state index contributed by atoms with van der Waals surface area (Å²) in [6.07, 6.45) is 5.04. The van der Waals surface area contributed by atoms with Crippen molar-refractivity contribution in [1.29, 1.82) is 0 Å². The van der Waals surface area contributed by atoms with Crippen LogP contribution in [0.2, 0.25) is 0 Å². The number of rotatable bonds is 5. The molecule has 1 fully saturated rings. The van der Waals surface area contributed by atoms with Crippen LogP contribution in [0.25, 0.3) is 0 Å². The van der Waals surface area contributed by atoms with Crippen molar-refractivity contribution in [1.82, 2.24) is 0 Å². The van der Waals surface area contributed by atoms with E-state index in [0.717, 1.165) is 33.9 Å². The van der Waals surface area contributed by atoms with Gasteiger partial charge in [-0.2, -0.15) is 0 Å². The maximum atomic E-state index is 6.29. The summed E-state index contributed by atoms with van der Waals surface area (Å²) in [4.78, 5) is 0. The second kappa shape index (κ2) is 5.93. The van der Waals surface area contributed by atoms with Gasteiger partial charge in [-0.05, 0) is 30.0 Å². The summed E-state index contributed by atoms with van der Waals surface area (Å²) in [6.45, 7) is 0. The van der Waals surface area contributed by atoms with Gasteiger partial charge in [0, 0.05) is 10.5 Å². The third-order valence-corrected chi connectivity index (χ3v) is 4.40. The SMILES string of the molecule is COc1cc(Br)c(C(N)CC2CCC2)cc1OC. The van der Waals surface area contributed by atoms with Gasteiger partial charge in [0.25, 0.3) is 0 Å². The Labute approximate surface area is 117 Å². The quantitative estimate of drug-likeness (QED) is 0.902. The summed E-state index contributed by atoms with van der Waals surface area (Å²) >= 11 is 3.57. The fourth-order valence-electron chi connectivity index (χ4n) is 2.37. The van der Waals surface area contributed by atoms with Crippen molar-refractivity contribution in [3.63, 3.8) is 0 Å². The first-order valence-electron chi connectivity index (χ1n) is 6.32. The highest BCUT2D eigenvalue weighted by molar-refractivity contribution is 9.10. The molecule has 1 aromatic rings. The van der Waals surface area contributed by atoms with Crippen molar-refractivity contribution in [2.75, 3.05) is 14.2 Å². The fourth-order valence-corrected chi connectivity index (χ4v) is 2.99. The van der Waals surface area contributed by atoms with Crippen molar-refractivity contribution in [3.05, 3.63) is 22.2 Å². The van der Waals surface area contributed by atoms with Crippen molar-refractivity contribution < 1.29 is 9.47 Å². The summed E-state index contributed by atoms with van der Waals surface area (Å²) in [5.41, 5.74) is 7.39. The highest BCUT2D eigenvalue weighted by Gasteiger charge is 2.23. The second-order valence-electron chi connectivity index (χ2n) is 4.87. The lowest BCUT2D eigenvalue weighted by atomic mass is 9.80. The minimum Gasteiger partial charge on any atom is -0.493 e. The highest BCUT2D eigenvalue weighted by Crippen LogP contribution is 2.39. The third kappa shape index (κ3) is 2.81. The van der Waals surface area contributed by atoms with Gasteiger partial charge in [-0.25, -0.2) is 0 Å². The predicted octanol–water partition coefficient (Wildman–Crippen LogP) is 3.66. The van der Waals surface area contributed by atoms with E-state index in [9.17, 15) is 0 Å². The molecule has 0 aliphatic heterocycles. The standard InChI is InChI=1S/C14H20BrNO2/c1-17-13-7-10(11(15)8-14(13)18-2)12(16)6-9-4-3-5-9/h7-9,12H,3-6,16H2,1-2H3. The Morgan fingerprint density at radius 1 is 1.28 bits per heavy atom. The molecule has 1 saturated carbocycles. The van der Waals surface area contributed by atoms with Gasteiger partial charge in [0.1, 0.15) is 0 Å². The first-order chi connectivity index (χ1) is 8.65. The Balaban J connectivity index is 2.20. The lowest BCUT2D eigenvalue weighted by Crippen LogP contribution is -2.20. The zero-order valence-electron chi connectivity index (χ0n) is 10.9. The van der Waals surface area contributed by atoms with Crippen LogP contribution in [0.15, 0.2) is 16.6 Å². The molecular weight excluding hydrogens is 294 g/mol. The van der Waals surface area contributed by atoms with Gasteiger partial charge in [-0.1, -0.05) is 35.2 Å². The average Bonchev–Trinajstić information content (AvgIpc) is 2.33. The number of halogens is 1. The molecule has 2 rings (SSSR count). The number of methoxy groups -OCH3 is 2. The van der Waals surface area contributed by atoms with Crippen molar-refractivity contribution in [2.45, 2.75) is 31.7 Å². The van der Waals surface area contributed by atoms with E-state index in [1.807, 2.05) is 12.1 Å². The molecule has 0 bridgehead atoms. The largest absolute Gasteiger partial charge is 0.493 e. The topological polar surface area (TPSA) is 44.5 Å². The number of hydrogen-bond acceptors (Lipinski definition) is 3. The molecule has 0 saturated heterocycles. The van der Waals surface area contributed by atoms with Crippen molar-refractivity contribution in [2.24, 2.45) is 11.7 Å². The van der Waals surface area contributed by atoms with Crippen LogP contribution in [-0.4, -0.2) is 14.2 Å². The summed E-state index contributed by atoms with van der Waals surface area (Å²) < 4.78 is 11.6. The van der Waals surface area contributed by atoms with Gasteiger partial charge < -0.3 is 15.2 Å². The smallest absolute Gasteiger partial charge is 0.161 e. The molecule has 1 unspecified atom stereocenters. The Kier molecular flexibility index (Phi) is 4.51. The molecule has 0 radical (unpaired) electrons. The molecule has 0 heterocycles. The Morgan fingerprint density at radius 3 is 2.39 bits per heavy atom. The van der Waals surface area contributed by atoms with E-state index in [1.54, 1.807) is 14.2 Å². The monoisotopic (exact) mass is 313 g/mol. The Morgan fingerprint density at radius 2 is 1.89 bits per heavy atom. The lowest BCUT2D eigenvalue weighted by molar-refractivity contribution is 0.276. The molecule has 0 spiro atoms. The van der Waals surface area contributed by atoms with Crippen molar-refractivity contribution >= 4 is 15.9 Å². The number of ether oxygens (including phenoxy) is 2. The normalized spacial score (nSPS) is 17.1. The summed E-state index contributed by atoms with van der Waals surface area (Å²) in [5, 5.41) is 0. The molecule has 0 amide bonds. The van der Waals surface area contributed by atoms with Gasteiger partial charge in [-0.15, -0.1) is 0 Å². The molecule has 1 aliphatic rings. The number of benzene rings is 1. The fraction of sp³-hybridized carbons (Fsp3) is 0.571. The van der Waals surface area contributed by atoms with E-state index in [-0.39, 0.29) is 6.04 Å². The summed E-state index contributed by atoms with van der Waals surface area (Å²) in [5.74, 6) is 2.25. The van der Waals surface area contributed by atoms with Gasteiger partial charge in [0.2, 0.25) is 0 Å². The minimum atomic E-state index is 0.0597. The minimum absolute atomic E-state index is 0.0597. The van der Waals surface area contributed by atoms with Gasteiger partial charge in [-0.3, -0.25) is 0 Å². The van der Waals surface area contributed by atoms with E-state index >= 15 is 0 Å². The molecular formula is C14H20BrNO2. The molecule has 0 aromatic heterocycles. The first-order valence-corrected chi connectivity index (χ1v) is 7.12. The van der Waals surface area contributed by atoms with Gasteiger partial charge >= 0.3 is 0 Å². The summed E-state index contributed by atoms with van der Waals surface area (Å²) in [7, 11) is 3.28. The summed E-state index contributed by atoms with van der Waals surface area (Å²) in [6, 6.07) is 3.96. The molecule has 1 aromatic carbocycles. The number of hydrogen-bond donors (Lipinski definition) is 1. The van der Waals surface area contributed by atoms with Gasteiger partial charge in [0.15, 0.2) is 11.5 Å². The average molecular weight is 314 g/mol. The highest BCUT2D eigenvalue weighted by atomic mass is 79.9. The molecule has 3 nitrogen and oxygen atoms in total. The van der Waals surface area contributed by atoms with E-state index in [2.05, 4.69) is 15.9 Å². The zero-order valence-corrected chi connectivity index (χ0v) is 12.5. The van der Waals surface area contributed by atoms with E-state index < -0.39 is 0 Å². The maximum Gasteiger partial charge on any atom is 0.161 e. The van der Waals surface area contributed by atoms with Crippen LogP contribution in [0.1, 0.15) is 37.3 Å². The van der Waals surface area contributed by atoms with Crippen LogP contribution in [-0.2, 0) is 0 Å². The van der Waals surface area contributed by atoms with Crippen LogP contribution >= 0.6 is 15.9 Å². The van der Waals surface area contributed by atoms with E-state index in [0.29, 0.717) is 0 Å². The Hall–Kier alpha value is -0.740. The van der Waals surface area contributed by atoms with E-state index in [4.69, 9.17) is 15.2 Å². The van der Waals surface area contributed by atoms with Crippen LogP contribution in [0.5, 0.6) is 11.5 Å². The molecule has 2 N–H and O–H groups in total.